The molecule has 1 aromatic carbocycles. The number of carbonyl (C=O) groups is 1. The van der Waals surface area contributed by atoms with Crippen molar-refractivity contribution >= 4 is 38.2 Å². The number of unbranched alkanes of at least 4 members (excludes halogenated alkanes) is 1. The molecule has 0 fully saturated rings. The fourth-order valence-electron chi connectivity index (χ4n) is 3.00. The van der Waals surface area contributed by atoms with E-state index in [0.29, 0.717) is 16.8 Å². The van der Waals surface area contributed by atoms with E-state index in [1.165, 1.54) is 17.8 Å². The lowest BCUT2D eigenvalue weighted by Gasteiger charge is -2.15. The summed E-state index contributed by atoms with van der Waals surface area (Å²) in [7, 11) is 2.06. The number of likely N-dealkylation sites (N-methyl/N-ethyl adjacent to an activating group) is 1. The van der Waals surface area contributed by atoms with Crippen LogP contribution >= 0.6 is 11.3 Å². The van der Waals surface area contributed by atoms with E-state index in [1.807, 2.05) is 19.1 Å². The summed E-state index contributed by atoms with van der Waals surface area (Å²) < 4.78 is 0.873. The molecular weight excluding hydrogens is 346 g/mol. The molecule has 2 heterocycles. The number of nitrogens with zero attached hydrogens (tertiary/aromatic N) is 1. The fraction of sp³-hybridized carbons (Fsp3) is 0.400. The predicted octanol–water partition coefficient (Wildman–Crippen LogP) is 3.51. The number of aromatic amines is 1. The van der Waals surface area contributed by atoms with Gasteiger partial charge in [-0.25, -0.2) is 0 Å². The highest BCUT2D eigenvalue weighted by atomic mass is 32.1. The summed E-state index contributed by atoms with van der Waals surface area (Å²) in [5, 5.41) is 4.53. The number of pyridine rings is 1. The first-order valence-electron chi connectivity index (χ1n) is 9.02. The van der Waals surface area contributed by atoms with E-state index in [4.69, 9.17) is 0 Å². The Morgan fingerprint density at radius 3 is 2.81 bits per heavy atom. The Morgan fingerprint density at radius 2 is 2.04 bits per heavy atom. The maximum Gasteiger partial charge on any atom is 0.261 e. The molecule has 6 heteroatoms. The molecule has 0 radical (unpaired) electrons. The summed E-state index contributed by atoms with van der Waals surface area (Å²) in [5.41, 5.74) is 1.78. The molecule has 0 aliphatic rings. The van der Waals surface area contributed by atoms with Crippen LogP contribution in [0, 0.1) is 6.92 Å². The zero-order chi connectivity index (χ0) is 18.7. The largest absolute Gasteiger partial charge is 0.350 e. The lowest BCUT2D eigenvalue weighted by Crippen LogP contribution is -2.33. The number of amides is 1. The lowest BCUT2D eigenvalue weighted by atomic mass is 10.1. The average molecular weight is 372 g/mol. The third-order valence-corrected chi connectivity index (χ3v) is 5.71. The quantitative estimate of drug-likeness (QED) is 0.668. The minimum absolute atomic E-state index is 0.115. The van der Waals surface area contributed by atoms with Crippen LogP contribution in [0.2, 0.25) is 0 Å². The molecule has 26 heavy (non-hydrogen) atoms. The van der Waals surface area contributed by atoms with Gasteiger partial charge in [-0.1, -0.05) is 25.0 Å². The van der Waals surface area contributed by atoms with Gasteiger partial charge in [-0.15, -0.1) is 11.3 Å². The van der Waals surface area contributed by atoms with Crippen molar-refractivity contribution in [3.8, 4) is 0 Å². The molecule has 2 aromatic heterocycles. The van der Waals surface area contributed by atoms with Crippen molar-refractivity contribution in [2.45, 2.75) is 26.7 Å². The van der Waals surface area contributed by atoms with Gasteiger partial charge in [0.05, 0.1) is 10.3 Å². The Hall–Kier alpha value is -2.18. The van der Waals surface area contributed by atoms with Gasteiger partial charge in [-0.2, -0.15) is 0 Å². The molecule has 3 rings (SSSR count). The van der Waals surface area contributed by atoms with Gasteiger partial charge in [0, 0.05) is 28.7 Å². The van der Waals surface area contributed by atoms with Gasteiger partial charge in [0.25, 0.3) is 11.5 Å². The number of H-pyrrole nitrogens is 1. The van der Waals surface area contributed by atoms with E-state index < -0.39 is 0 Å². The summed E-state index contributed by atoms with van der Waals surface area (Å²) in [6.07, 6.45) is 2.33. The first-order chi connectivity index (χ1) is 12.5. The SMILES string of the molecule is CCCCN(C)CCNC(=O)c1cc2c(=O)[nH]c3ccc(C)cc3c2s1. The lowest BCUT2D eigenvalue weighted by molar-refractivity contribution is 0.0954. The van der Waals surface area contributed by atoms with Crippen molar-refractivity contribution in [2.24, 2.45) is 0 Å². The molecular formula is C20H25N3O2S. The van der Waals surface area contributed by atoms with Crippen molar-refractivity contribution in [2.75, 3.05) is 26.7 Å². The molecule has 0 atom stereocenters. The van der Waals surface area contributed by atoms with Crippen LogP contribution in [0.4, 0.5) is 0 Å². The summed E-state index contributed by atoms with van der Waals surface area (Å²) in [4.78, 5) is 30.5. The monoisotopic (exact) mass is 371 g/mol. The van der Waals surface area contributed by atoms with Gasteiger partial charge in [0.2, 0.25) is 0 Å². The highest BCUT2D eigenvalue weighted by molar-refractivity contribution is 7.21. The van der Waals surface area contributed by atoms with Gasteiger partial charge >= 0.3 is 0 Å². The molecule has 0 spiro atoms. The van der Waals surface area contributed by atoms with Crippen molar-refractivity contribution in [3.63, 3.8) is 0 Å². The number of thiophene rings is 1. The number of carbonyl (C=O) groups excluding carboxylic acids is 1. The summed E-state index contributed by atoms with van der Waals surface area (Å²) in [6, 6.07) is 7.64. The van der Waals surface area contributed by atoms with Crippen LogP contribution in [0.25, 0.3) is 21.0 Å². The van der Waals surface area contributed by atoms with Crippen LogP contribution in [-0.2, 0) is 0 Å². The van der Waals surface area contributed by atoms with E-state index in [1.54, 1.807) is 6.07 Å². The highest BCUT2D eigenvalue weighted by Gasteiger charge is 2.14. The summed E-state index contributed by atoms with van der Waals surface area (Å²) >= 11 is 1.38. The number of hydrogen-bond donors (Lipinski definition) is 2. The van der Waals surface area contributed by atoms with Crippen LogP contribution in [0.1, 0.15) is 35.0 Å². The zero-order valence-electron chi connectivity index (χ0n) is 15.5. The minimum Gasteiger partial charge on any atom is -0.350 e. The minimum atomic E-state index is -0.147. The molecule has 0 aliphatic carbocycles. The van der Waals surface area contributed by atoms with E-state index in [0.717, 1.165) is 40.7 Å². The maximum absolute atomic E-state index is 12.5. The Labute approximate surface area is 157 Å². The Bertz CT molecular complexity index is 990. The highest BCUT2D eigenvalue weighted by Crippen LogP contribution is 2.30. The van der Waals surface area contributed by atoms with Gasteiger partial charge in [0.1, 0.15) is 0 Å². The standard InChI is InChI=1S/C20H25N3O2S/c1-4-5-9-23(3)10-8-21-20(25)17-12-15-18(26-17)14-11-13(2)6-7-16(14)22-19(15)24/h6-7,11-12H,4-5,8-10H2,1-3H3,(H,21,25)(H,22,24). The molecule has 0 aliphatic heterocycles. The molecule has 5 nitrogen and oxygen atoms in total. The average Bonchev–Trinajstić information content (AvgIpc) is 3.07. The van der Waals surface area contributed by atoms with Crippen LogP contribution in [0.3, 0.4) is 0 Å². The molecule has 0 bridgehead atoms. The summed E-state index contributed by atoms with van der Waals surface area (Å²) in [5.74, 6) is -0.115. The van der Waals surface area contributed by atoms with Gasteiger partial charge in [-0.3, -0.25) is 9.59 Å². The molecule has 3 aromatic rings. The van der Waals surface area contributed by atoms with E-state index in [2.05, 4.69) is 35.2 Å². The van der Waals surface area contributed by atoms with Gasteiger partial charge in [0.15, 0.2) is 0 Å². The number of fused-ring (bicyclic) bond motifs is 3. The third kappa shape index (κ3) is 3.97. The smallest absolute Gasteiger partial charge is 0.261 e. The third-order valence-electron chi connectivity index (χ3n) is 4.54. The number of nitrogens with one attached hydrogen (secondary N) is 2. The van der Waals surface area contributed by atoms with E-state index in [-0.39, 0.29) is 11.5 Å². The second-order valence-corrected chi connectivity index (χ2v) is 7.82. The van der Waals surface area contributed by atoms with E-state index >= 15 is 0 Å². The van der Waals surface area contributed by atoms with Crippen molar-refractivity contribution < 1.29 is 4.79 Å². The predicted molar refractivity (Wildman–Crippen MR) is 109 cm³/mol. The molecule has 0 saturated heterocycles. The van der Waals surface area contributed by atoms with Gasteiger partial charge in [-0.05, 0) is 45.1 Å². The number of rotatable bonds is 7. The normalized spacial score (nSPS) is 11.5. The Morgan fingerprint density at radius 1 is 1.23 bits per heavy atom. The molecule has 1 amide bonds. The Kier molecular flexibility index (Phi) is 5.74. The number of aryl methyl sites for hydroxylation is 1. The second kappa shape index (κ2) is 8.01. The van der Waals surface area contributed by atoms with E-state index in [9.17, 15) is 9.59 Å². The van der Waals surface area contributed by atoms with Crippen molar-refractivity contribution in [1.82, 2.24) is 15.2 Å². The molecule has 0 saturated carbocycles. The van der Waals surface area contributed by atoms with Crippen molar-refractivity contribution in [1.29, 1.82) is 0 Å². The van der Waals surface area contributed by atoms with Crippen LogP contribution in [-0.4, -0.2) is 42.5 Å². The van der Waals surface area contributed by atoms with Crippen molar-refractivity contribution in [3.05, 3.63) is 45.1 Å². The van der Waals surface area contributed by atoms with Crippen LogP contribution < -0.4 is 10.9 Å². The number of hydrogen-bond acceptors (Lipinski definition) is 4. The first-order valence-corrected chi connectivity index (χ1v) is 9.84. The van der Waals surface area contributed by atoms with Crippen LogP contribution in [0.15, 0.2) is 29.1 Å². The number of aromatic nitrogens is 1. The van der Waals surface area contributed by atoms with Gasteiger partial charge < -0.3 is 15.2 Å². The molecule has 0 unspecified atom stereocenters. The van der Waals surface area contributed by atoms with Crippen LogP contribution in [0.5, 0.6) is 0 Å². The maximum atomic E-state index is 12.5. The first kappa shape index (κ1) is 18.6. The summed E-state index contributed by atoms with van der Waals surface area (Å²) in [6.45, 7) is 6.65. The molecule has 2 N–H and O–H groups in total. The number of benzene rings is 1. The Balaban J connectivity index is 1.79. The zero-order valence-corrected chi connectivity index (χ0v) is 16.3. The molecule has 138 valence electrons. The fourth-order valence-corrected chi connectivity index (χ4v) is 4.11. The second-order valence-electron chi connectivity index (χ2n) is 6.77. The topological polar surface area (TPSA) is 65.2 Å².